The fraction of sp³-hybridized carbons (Fsp3) is 0.350. The van der Waals surface area contributed by atoms with Gasteiger partial charge in [0.2, 0.25) is 5.91 Å². The maximum Gasteiger partial charge on any atom is 0.237 e. The maximum absolute atomic E-state index is 12.3. The first-order valence-electron chi connectivity index (χ1n) is 8.15. The molecule has 3 nitrogen and oxygen atoms in total. The van der Waals surface area contributed by atoms with E-state index in [0.717, 1.165) is 22.8 Å². The number of hydrogen-bond donors (Lipinski definition) is 1. The summed E-state index contributed by atoms with van der Waals surface area (Å²) in [5.41, 5.74) is 4.38. The molecule has 0 saturated heterocycles. The number of anilines is 1. The molecule has 0 aliphatic carbocycles. The van der Waals surface area contributed by atoms with Crippen molar-refractivity contribution in [3.8, 4) is 5.75 Å². The lowest BCUT2D eigenvalue weighted by atomic mass is 10.1. The highest BCUT2D eigenvalue weighted by molar-refractivity contribution is 8.00. The number of aryl methyl sites for hydroxylation is 3. The van der Waals surface area contributed by atoms with E-state index in [9.17, 15) is 4.79 Å². The molecule has 0 fully saturated rings. The number of nitrogens with one attached hydrogen (secondary N) is 1. The number of thioether (sulfide) groups is 1. The van der Waals surface area contributed by atoms with E-state index in [2.05, 4.69) is 18.3 Å². The second-order valence-electron chi connectivity index (χ2n) is 5.98. The van der Waals surface area contributed by atoms with Crippen molar-refractivity contribution in [3.05, 3.63) is 59.2 Å². The Morgan fingerprint density at radius 3 is 2.42 bits per heavy atom. The molecule has 0 heterocycles. The van der Waals surface area contributed by atoms with Crippen molar-refractivity contribution >= 4 is 23.4 Å². The Kier molecular flexibility index (Phi) is 6.73. The summed E-state index contributed by atoms with van der Waals surface area (Å²) in [4.78, 5) is 12.3. The average molecular weight is 343 g/mol. The van der Waals surface area contributed by atoms with Crippen molar-refractivity contribution in [1.29, 1.82) is 0 Å². The average Bonchev–Trinajstić information content (AvgIpc) is 2.55. The highest BCUT2D eigenvalue weighted by Crippen LogP contribution is 2.19. The molecule has 24 heavy (non-hydrogen) atoms. The molecule has 0 aromatic heterocycles. The molecule has 0 bridgehead atoms. The Hall–Kier alpha value is -1.94. The fourth-order valence-corrected chi connectivity index (χ4v) is 3.03. The van der Waals surface area contributed by atoms with E-state index in [4.69, 9.17) is 4.74 Å². The van der Waals surface area contributed by atoms with Gasteiger partial charge in [0.1, 0.15) is 5.75 Å². The van der Waals surface area contributed by atoms with Gasteiger partial charge in [-0.05, 0) is 51.5 Å². The monoisotopic (exact) mass is 343 g/mol. The Bertz CT molecular complexity index is 683. The van der Waals surface area contributed by atoms with Crippen LogP contribution in [0, 0.1) is 20.8 Å². The summed E-state index contributed by atoms with van der Waals surface area (Å²) in [6.07, 6.45) is 0. The van der Waals surface area contributed by atoms with Crippen LogP contribution in [0.4, 0.5) is 5.69 Å². The van der Waals surface area contributed by atoms with Gasteiger partial charge in [-0.2, -0.15) is 0 Å². The van der Waals surface area contributed by atoms with E-state index >= 15 is 0 Å². The number of rotatable bonds is 7. The van der Waals surface area contributed by atoms with E-state index in [0.29, 0.717) is 6.61 Å². The Labute approximate surface area is 148 Å². The zero-order chi connectivity index (χ0) is 17.5. The molecule has 0 saturated carbocycles. The van der Waals surface area contributed by atoms with Gasteiger partial charge in [-0.3, -0.25) is 4.79 Å². The molecule has 0 aliphatic rings. The molecule has 128 valence electrons. The quantitative estimate of drug-likeness (QED) is 0.737. The van der Waals surface area contributed by atoms with Crippen LogP contribution < -0.4 is 10.1 Å². The molecule has 1 unspecified atom stereocenters. The van der Waals surface area contributed by atoms with Gasteiger partial charge in [0.25, 0.3) is 0 Å². The molecule has 1 atom stereocenters. The third kappa shape index (κ3) is 5.60. The standard InChI is InChI=1S/C20H25NO2S/c1-14-5-8-18(9-6-14)23-11-12-24-17(4)20(22)21-19-10-7-15(2)13-16(19)3/h5-10,13,17H,11-12H2,1-4H3,(H,21,22). The van der Waals surface area contributed by atoms with Gasteiger partial charge in [0.05, 0.1) is 11.9 Å². The molecule has 1 N–H and O–H groups in total. The smallest absolute Gasteiger partial charge is 0.237 e. The van der Waals surface area contributed by atoms with Gasteiger partial charge in [-0.25, -0.2) is 0 Å². The first-order chi connectivity index (χ1) is 11.5. The predicted octanol–water partition coefficient (Wildman–Crippen LogP) is 4.75. The normalized spacial score (nSPS) is 11.8. The lowest BCUT2D eigenvalue weighted by Crippen LogP contribution is -2.23. The van der Waals surface area contributed by atoms with Crippen molar-refractivity contribution < 1.29 is 9.53 Å². The van der Waals surface area contributed by atoms with Gasteiger partial charge in [-0.15, -0.1) is 11.8 Å². The lowest BCUT2D eigenvalue weighted by Gasteiger charge is -2.14. The summed E-state index contributed by atoms with van der Waals surface area (Å²) < 4.78 is 5.69. The molecule has 4 heteroatoms. The highest BCUT2D eigenvalue weighted by Gasteiger charge is 2.14. The molecule has 2 aromatic rings. The topological polar surface area (TPSA) is 38.3 Å². The minimum atomic E-state index is -0.118. The van der Waals surface area contributed by atoms with Crippen LogP contribution in [-0.2, 0) is 4.79 Å². The third-order valence-corrected chi connectivity index (χ3v) is 4.87. The van der Waals surface area contributed by atoms with E-state index in [-0.39, 0.29) is 11.2 Å². The molecule has 0 radical (unpaired) electrons. The Morgan fingerprint density at radius 1 is 1.08 bits per heavy atom. The van der Waals surface area contributed by atoms with Crippen LogP contribution in [0.2, 0.25) is 0 Å². The van der Waals surface area contributed by atoms with Crippen LogP contribution in [0.15, 0.2) is 42.5 Å². The second-order valence-corrected chi connectivity index (χ2v) is 7.43. The Balaban J connectivity index is 1.74. The van der Waals surface area contributed by atoms with Crippen LogP contribution in [0.25, 0.3) is 0 Å². The minimum absolute atomic E-state index is 0.0299. The van der Waals surface area contributed by atoms with Crippen LogP contribution in [0.1, 0.15) is 23.6 Å². The van der Waals surface area contributed by atoms with E-state index in [1.807, 2.05) is 57.2 Å². The first kappa shape index (κ1) is 18.4. The van der Waals surface area contributed by atoms with Crippen molar-refractivity contribution in [2.24, 2.45) is 0 Å². The van der Waals surface area contributed by atoms with Crippen LogP contribution in [0.5, 0.6) is 5.75 Å². The molecular weight excluding hydrogens is 318 g/mol. The summed E-state index contributed by atoms with van der Waals surface area (Å²) >= 11 is 1.60. The number of ether oxygens (including phenoxy) is 1. The lowest BCUT2D eigenvalue weighted by molar-refractivity contribution is -0.115. The molecular formula is C20H25NO2S. The minimum Gasteiger partial charge on any atom is -0.493 e. The van der Waals surface area contributed by atoms with E-state index < -0.39 is 0 Å². The third-order valence-electron chi connectivity index (χ3n) is 3.75. The van der Waals surface area contributed by atoms with Gasteiger partial charge in [0, 0.05) is 11.4 Å². The Morgan fingerprint density at radius 2 is 1.75 bits per heavy atom. The van der Waals surface area contributed by atoms with Crippen molar-refractivity contribution in [3.63, 3.8) is 0 Å². The van der Waals surface area contributed by atoms with E-state index in [1.165, 1.54) is 11.1 Å². The largest absolute Gasteiger partial charge is 0.493 e. The van der Waals surface area contributed by atoms with E-state index in [1.54, 1.807) is 11.8 Å². The molecule has 0 aliphatic heterocycles. The fourth-order valence-electron chi connectivity index (χ4n) is 2.28. The SMILES string of the molecule is Cc1ccc(OCCSC(C)C(=O)Nc2ccc(C)cc2C)cc1. The summed E-state index contributed by atoms with van der Waals surface area (Å²) in [7, 11) is 0. The second kappa shape index (κ2) is 8.78. The summed E-state index contributed by atoms with van der Waals surface area (Å²) in [5, 5.41) is 2.88. The summed E-state index contributed by atoms with van der Waals surface area (Å²) in [6.45, 7) is 8.63. The van der Waals surface area contributed by atoms with Gasteiger partial charge < -0.3 is 10.1 Å². The van der Waals surface area contributed by atoms with Gasteiger partial charge in [0.15, 0.2) is 0 Å². The zero-order valence-corrected chi connectivity index (χ0v) is 15.6. The summed E-state index contributed by atoms with van der Waals surface area (Å²) in [5.74, 6) is 1.67. The number of benzene rings is 2. The van der Waals surface area contributed by atoms with Crippen molar-refractivity contribution in [2.45, 2.75) is 32.9 Å². The van der Waals surface area contributed by atoms with Crippen molar-refractivity contribution in [1.82, 2.24) is 0 Å². The number of hydrogen-bond acceptors (Lipinski definition) is 3. The first-order valence-corrected chi connectivity index (χ1v) is 9.20. The maximum atomic E-state index is 12.3. The van der Waals surface area contributed by atoms with Crippen LogP contribution in [-0.4, -0.2) is 23.5 Å². The molecule has 1 amide bonds. The molecule has 0 spiro atoms. The molecule has 2 rings (SSSR count). The van der Waals surface area contributed by atoms with Crippen molar-refractivity contribution in [2.75, 3.05) is 17.7 Å². The predicted molar refractivity (Wildman–Crippen MR) is 103 cm³/mol. The number of amides is 1. The summed E-state index contributed by atoms with van der Waals surface area (Å²) in [6, 6.07) is 14.0. The number of carbonyl (C=O) groups excluding carboxylic acids is 1. The number of carbonyl (C=O) groups is 1. The van der Waals surface area contributed by atoms with Crippen LogP contribution >= 0.6 is 11.8 Å². The van der Waals surface area contributed by atoms with Gasteiger partial charge >= 0.3 is 0 Å². The zero-order valence-electron chi connectivity index (χ0n) is 14.8. The highest BCUT2D eigenvalue weighted by atomic mass is 32.2. The molecule has 2 aromatic carbocycles. The van der Waals surface area contributed by atoms with Crippen LogP contribution in [0.3, 0.4) is 0 Å². The van der Waals surface area contributed by atoms with Gasteiger partial charge in [-0.1, -0.05) is 35.4 Å².